The van der Waals surface area contributed by atoms with Crippen molar-refractivity contribution in [3.63, 3.8) is 0 Å². The Morgan fingerprint density at radius 2 is 1.65 bits per heavy atom. The molecule has 2 aromatic carbocycles. The van der Waals surface area contributed by atoms with E-state index in [0.29, 0.717) is 10.6 Å². The molecule has 0 aliphatic heterocycles. The van der Waals surface area contributed by atoms with Gasteiger partial charge in [0, 0.05) is 18.6 Å². The van der Waals surface area contributed by atoms with Gasteiger partial charge in [0.05, 0.1) is 17.1 Å². The van der Waals surface area contributed by atoms with Crippen molar-refractivity contribution < 1.29 is 9.59 Å². The molecule has 0 radical (unpaired) electrons. The normalized spacial score (nSPS) is 10.6. The summed E-state index contributed by atoms with van der Waals surface area (Å²) >= 11 is 1.11. The van der Waals surface area contributed by atoms with Crippen LogP contribution in [0.3, 0.4) is 0 Å². The summed E-state index contributed by atoms with van der Waals surface area (Å²) in [7, 11) is 0. The zero-order valence-electron chi connectivity index (χ0n) is 16.6. The number of aromatic nitrogens is 3. The Balaban J connectivity index is 1.59. The lowest BCUT2D eigenvalue weighted by molar-refractivity contribution is 0.101. The summed E-state index contributed by atoms with van der Waals surface area (Å²) in [5.41, 5.74) is 1.99. The third-order valence-corrected chi connectivity index (χ3v) is 5.56. The zero-order chi connectivity index (χ0) is 21.8. The van der Waals surface area contributed by atoms with Gasteiger partial charge in [-0.05, 0) is 11.6 Å². The second kappa shape index (κ2) is 8.85. The number of rotatable bonds is 6. The second-order valence-corrected chi connectivity index (χ2v) is 7.77. The van der Waals surface area contributed by atoms with Gasteiger partial charge in [-0.2, -0.15) is 5.10 Å². The molecule has 7 nitrogen and oxygen atoms in total. The van der Waals surface area contributed by atoms with Crippen LogP contribution in [0.25, 0.3) is 11.3 Å². The van der Waals surface area contributed by atoms with E-state index in [-0.39, 0.29) is 28.7 Å². The highest BCUT2D eigenvalue weighted by molar-refractivity contribution is 7.18. The predicted molar refractivity (Wildman–Crippen MR) is 120 cm³/mol. The molecule has 0 saturated carbocycles. The van der Waals surface area contributed by atoms with Crippen molar-refractivity contribution in [2.75, 3.05) is 5.32 Å². The molecule has 154 valence electrons. The quantitative estimate of drug-likeness (QED) is 0.469. The summed E-state index contributed by atoms with van der Waals surface area (Å²) in [5, 5.41) is 7.17. The van der Waals surface area contributed by atoms with Crippen LogP contribution in [-0.2, 0) is 6.54 Å². The van der Waals surface area contributed by atoms with E-state index < -0.39 is 5.91 Å². The number of nitrogens with zero attached hydrogens (tertiary/aromatic N) is 3. The topological polar surface area (TPSA) is 94.0 Å². The maximum Gasteiger partial charge on any atom is 0.277 e. The maximum atomic E-state index is 12.7. The number of hydrogen-bond donors (Lipinski definition) is 1. The van der Waals surface area contributed by atoms with Crippen LogP contribution < -0.4 is 10.9 Å². The first-order valence-electron chi connectivity index (χ1n) is 9.52. The van der Waals surface area contributed by atoms with Crippen LogP contribution in [0.5, 0.6) is 0 Å². The minimum atomic E-state index is -0.509. The number of carbonyl (C=O) groups is 2. The molecule has 1 amide bonds. The van der Waals surface area contributed by atoms with Crippen molar-refractivity contribution >= 4 is 28.2 Å². The van der Waals surface area contributed by atoms with Crippen LogP contribution in [0, 0.1) is 0 Å². The third kappa shape index (κ3) is 4.65. The molecule has 1 N–H and O–H groups in total. The van der Waals surface area contributed by atoms with Crippen molar-refractivity contribution in [3.8, 4) is 11.3 Å². The van der Waals surface area contributed by atoms with Crippen molar-refractivity contribution in [1.29, 1.82) is 0 Å². The molecule has 0 saturated heterocycles. The molecular weight excluding hydrogens is 412 g/mol. The Morgan fingerprint density at radius 3 is 2.32 bits per heavy atom. The minimum absolute atomic E-state index is 0.0800. The molecule has 0 unspecified atom stereocenters. The van der Waals surface area contributed by atoms with Gasteiger partial charge in [0.2, 0.25) is 0 Å². The summed E-state index contributed by atoms with van der Waals surface area (Å²) in [6.45, 7) is 1.72. The summed E-state index contributed by atoms with van der Waals surface area (Å²) in [6, 6.07) is 21.4. The molecule has 31 heavy (non-hydrogen) atoms. The number of Topliss-reactive ketones (excluding diaryl/α,β-unsaturated/α-hetero) is 1. The first-order valence-corrected chi connectivity index (χ1v) is 10.3. The van der Waals surface area contributed by atoms with E-state index in [1.54, 1.807) is 0 Å². The highest BCUT2D eigenvalue weighted by atomic mass is 32.1. The van der Waals surface area contributed by atoms with E-state index in [1.165, 1.54) is 23.7 Å². The van der Waals surface area contributed by atoms with Gasteiger partial charge in [-0.15, -0.1) is 0 Å². The second-order valence-electron chi connectivity index (χ2n) is 6.77. The van der Waals surface area contributed by atoms with Gasteiger partial charge < -0.3 is 0 Å². The molecule has 4 aromatic rings. The molecule has 0 aliphatic carbocycles. The summed E-state index contributed by atoms with van der Waals surface area (Å²) in [4.78, 5) is 41.9. The van der Waals surface area contributed by atoms with Gasteiger partial charge in [0.1, 0.15) is 5.69 Å². The monoisotopic (exact) mass is 430 g/mol. The summed E-state index contributed by atoms with van der Waals surface area (Å²) < 4.78 is 1.24. The Bertz CT molecular complexity index is 1300. The Kier molecular flexibility index (Phi) is 5.81. The van der Waals surface area contributed by atoms with Crippen molar-refractivity contribution in [2.24, 2.45) is 0 Å². The molecule has 0 fully saturated rings. The average Bonchev–Trinajstić information content (AvgIpc) is 3.21. The Hall–Kier alpha value is -3.91. The van der Waals surface area contributed by atoms with E-state index in [2.05, 4.69) is 15.4 Å². The van der Waals surface area contributed by atoms with Gasteiger partial charge in [-0.1, -0.05) is 72.0 Å². The molecular formula is C23H18N4O3S. The predicted octanol–water partition coefficient (Wildman–Crippen LogP) is 3.87. The highest BCUT2D eigenvalue weighted by Gasteiger charge is 2.19. The molecule has 4 rings (SSSR count). The van der Waals surface area contributed by atoms with Gasteiger partial charge >= 0.3 is 0 Å². The van der Waals surface area contributed by atoms with Crippen LogP contribution in [0.2, 0.25) is 0 Å². The number of carbonyl (C=O) groups excluding carboxylic acids is 2. The van der Waals surface area contributed by atoms with Crippen LogP contribution in [-0.4, -0.2) is 26.5 Å². The fourth-order valence-electron chi connectivity index (χ4n) is 3.00. The fourth-order valence-corrected chi connectivity index (χ4v) is 3.88. The Morgan fingerprint density at radius 1 is 0.968 bits per heavy atom. The number of thiazole rings is 1. The largest absolute Gasteiger partial charge is 0.296 e. The molecule has 0 atom stereocenters. The van der Waals surface area contributed by atoms with E-state index in [9.17, 15) is 14.4 Å². The standard InChI is InChI=1S/C23H18N4O3S/c1-15(28)21-20(17-10-6-3-7-11-17)24-23(31-21)25-22(30)18-12-13-19(29)27(26-18)14-16-8-4-2-5-9-16/h2-13H,14H2,1H3,(H,24,25,30). The third-order valence-electron chi connectivity index (χ3n) is 4.49. The zero-order valence-corrected chi connectivity index (χ0v) is 17.4. The van der Waals surface area contributed by atoms with Crippen LogP contribution >= 0.6 is 11.3 Å². The number of amides is 1. The van der Waals surface area contributed by atoms with Crippen LogP contribution in [0.1, 0.15) is 32.6 Å². The van der Waals surface area contributed by atoms with Gasteiger partial charge in [-0.3, -0.25) is 19.7 Å². The van der Waals surface area contributed by atoms with Gasteiger partial charge in [0.25, 0.3) is 11.5 Å². The molecule has 8 heteroatoms. The molecule has 2 aromatic heterocycles. The van der Waals surface area contributed by atoms with Gasteiger partial charge in [0.15, 0.2) is 10.9 Å². The lowest BCUT2D eigenvalue weighted by Gasteiger charge is -2.07. The number of nitrogens with one attached hydrogen (secondary N) is 1. The van der Waals surface area contributed by atoms with E-state index >= 15 is 0 Å². The number of anilines is 1. The fraction of sp³-hybridized carbons (Fsp3) is 0.0870. The SMILES string of the molecule is CC(=O)c1sc(NC(=O)c2ccc(=O)n(Cc3ccccc3)n2)nc1-c1ccccc1. The van der Waals surface area contributed by atoms with Crippen LogP contribution in [0.15, 0.2) is 77.6 Å². The smallest absolute Gasteiger partial charge is 0.277 e. The van der Waals surface area contributed by atoms with Crippen molar-refractivity contribution in [3.05, 3.63) is 99.3 Å². The number of ketones is 1. The van der Waals surface area contributed by atoms with E-state index in [0.717, 1.165) is 22.5 Å². The summed E-state index contributed by atoms with van der Waals surface area (Å²) in [6.07, 6.45) is 0. The van der Waals surface area contributed by atoms with Crippen LogP contribution in [0.4, 0.5) is 5.13 Å². The Labute approximate surface area is 182 Å². The average molecular weight is 430 g/mol. The minimum Gasteiger partial charge on any atom is -0.296 e. The molecule has 0 spiro atoms. The lowest BCUT2D eigenvalue weighted by atomic mass is 10.1. The van der Waals surface area contributed by atoms with Crippen molar-refractivity contribution in [1.82, 2.24) is 14.8 Å². The summed E-state index contributed by atoms with van der Waals surface area (Å²) in [5.74, 6) is -0.642. The van der Waals surface area contributed by atoms with Crippen molar-refractivity contribution in [2.45, 2.75) is 13.5 Å². The first-order chi connectivity index (χ1) is 15.0. The maximum absolute atomic E-state index is 12.7. The molecule has 2 heterocycles. The highest BCUT2D eigenvalue weighted by Crippen LogP contribution is 2.31. The molecule has 0 bridgehead atoms. The number of hydrogen-bond acceptors (Lipinski definition) is 6. The molecule has 0 aliphatic rings. The number of benzene rings is 2. The van der Waals surface area contributed by atoms with E-state index in [1.807, 2.05) is 60.7 Å². The van der Waals surface area contributed by atoms with Gasteiger partial charge in [-0.25, -0.2) is 9.67 Å². The first kappa shape index (κ1) is 20.4. The van der Waals surface area contributed by atoms with E-state index in [4.69, 9.17) is 0 Å². The lowest BCUT2D eigenvalue weighted by Crippen LogP contribution is -2.26.